The van der Waals surface area contributed by atoms with Gasteiger partial charge in [0.2, 0.25) is 0 Å². The maximum absolute atomic E-state index is 6.45. The van der Waals surface area contributed by atoms with Crippen LogP contribution in [-0.4, -0.2) is 52.2 Å². The van der Waals surface area contributed by atoms with E-state index in [0.29, 0.717) is 17.7 Å². The number of anilines is 1. The SMILES string of the molecule is CC1(C)CN(CC2Cc3ccccc3CN2)C(C#CNc2cc(Cl)cc3c2[nH]c2cnccc23)CO1. The summed E-state index contributed by atoms with van der Waals surface area (Å²) in [4.78, 5) is 10.1. The zero-order chi connectivity index (χ0) is 24.7. The van der Waals surface area contributed by atoms with Crippen LogP contribution < -0.4 is 10.6 Å². The molecule has 3 N–H and O–H groups in total. The van der Waals surface area contributed by atoms with E-state index in [9.17, 15) is 0 Å². The van der Waals surface area contributed by atoms with Crippen molar-refractivity contribution in [3.8, 4) is 12.0 Å². The average molecular weight is 500 g/mol. The van der Waals surface area contributed by atoms with Crippen molar-refractivity contribution in [2.45, 2.75) is 44.5 Å². The number of halogens is 1. The van der Waals surface area contributed by atoms with Gasteiger partial charge in [-0.3, -0.25) is 9.88 Å². The van der Waals surface area contributed by atoms with Crippen LogP contribution in [0.15, 0.2) is 54.9 Å². The van der Waals surface area contributed by atoms with Crippen LogP contribution in [0.25, 0.3) is 21.8 Å². The number of pyridine rings is 1. The second kappa shape index (κ2) is 9.42. The molecule has 0 aliphatic carbocycles. The van der Waals surface area contributed by atoms with Crippen LogP contribution in [-0.2, 0) is 17.7 Å². The van der Waals surface area contributed by atoms with E-state index in [1.807, 2.05) is 24.4 Å². The van der Waals surface area contributed by atoms with Gasteiger partial charge in [0.15, 0.2) is 0 Å². The molecule has 0 radical (unpaired) electrons. The first-order chi connectivity index (χ1) is 17.4. The Morgan fingerprint density at radius 2 is 2.06 bits per heavy atom. The third-order valence-corrected chi connectivity index (χ3v) is 7.41. The Hall–Kier alpha value is -3.08. The van der Waals surface area contributed by atoms with E-state index < -0.39 is 0 Å². The van der Waals surface area contributed by atoms with Gasteiger partial charge >= 0.3 is 0 Å². The molecule has 7 heteroatoms. The lowest BCUT2D eigenvalue weighted by atomic mass is 9.94. The maximum Gasteiger partial charge on any atom is 0.0971 e. The van der Waals surface area contributed by atoms with E-state index >= 15 is 0 Å². The van der Waals surface area contributed by atoms with Crippen molar-refractivity contribution in [3.63, 3.8) is 0 Å². The molecular weight excluding hydrogens is 470 g/mol. The van der Waals surface area contributed by atoms with Crippen molar-refractivity contribution < 1.29 is 4.74 Å². The summed E-state index contributed by atoms with van der Waals surface area (Å²) < 4.78 is 6.16. The zero-order valence-corrected chi connectivity index (χ0v) is 21.3. The molecule has 2 aliphatic heterocycles. The number of benzene rings is 2. The molecule has 4 aromatic rings. The summed E-state index contributed by atoms with van der Waals surface area (Å²) in [5.41, 5.74) is 5.44. The Morgan fingerprint density at radius 3 is 2.94 bits per heavy atom. The first-order valence-electron chi connectivity index (χ1n) is 12.4. The number of aromatic nitrogens is 2. The van der Waals surface area contributed by atoms with Crippen molar-refractivity contribution >= 4 is 39.1 Å². The van der Waals surface area contributed by atoms with Crippen molar-refractivity contribution in [2.75, 3.05) is 25.0 Å². The number of morpholine rings is 1. The summed E-state index contributed by atoms with van der Waals surface area (Å²) in [7, 11) is 0. The van der Waals surface area contributed by atoms with Crippen LogP contribution in [0, 0.1) is 12.0 Å². The Morgan fingerprint density at radius 1 is 1.19 bits per heavy atom. The van der Waals surface area contributed by atoms with Gasteiger partial charge in [0.1, 0.15) is 0 Å². The summed E-state index contributed by atoms with van der Waals surface area (Å²) in [6.07, 6.45) is 4.65. The smallest absolute Gasteiger partial charge is 0.0971 e. The fourth-order valence-electron chi connectivity index (χ4n) is 5.42. The zero-order valence-electron chi connectivity index (χ0n) is 20.6. The highest BCUT2D eigenvalue weighted by Crippen LogP contribution is 2.33. The molecule has 2 aromatic carbocycles. The van der Waals surface area contributed by atoms with Crippen molar-refractivity contribution in [1.29, 1.82) is 0 Å². The highest BCUT2D eigenvalue weighted by atomic mass is 35.5. The number of hydrogen-bond donors (Lipinski definition) is 3. The first-order valence-corrected chi connectivity index (χ1v) is 12.8. The van der Waals surface area contributed by atoms with Gasteiger partial charge in [-0.25, -0.2) is 0 Å². The van der Waals surface area contributed by atoms with Crippen molar-refractivity contribution in [1.82, 2.24) is 20.2 Å². The van der Waals surface area contributed by atoms with E-state index in [1.165, 1.54) is 11.1 Å². The van der Waals surface area contributed by atoms with Gasteiger partial charge in [-0.2, -0.15) is 0 Å². The number of nitrogens with one attached hydrogen (secondary N) is 3. The summed E-state index contributed by atoms with van der Waals surface area (Å²) in [5.74, 6) is 3.43. The van der Waals surface area contributed by atoms with E-state index in [-0.39, 0.29) is 11.6 Å². The molecule has 2 unspecified atom stereocenters. The van der Waals surface area contributed by atoms with Crippen LogP contribution >= 0.6 is 11.6 Å². The van der Waals surface area contributed by atoms with Crippen molar-refractivity contribution in [2.24, 2.45) is 0 Å². The summed E-state index contributed by atoms with van der Waals surface area (Å²) in [6.45, 7) is 7.56. The normalized spacial score (nSPS) is 21.6. The summed E-state index contributed by atoms with van der Waals surface area (Å²) in [5, 5.41) is 9.83. The van der Waals surface area contributed by atoms with Crippen LogP contribution in [0.1, 0.15) is 25.0 Å². The molecule has 36 heavy (non-hydrogen) atoms. The molecule has 1 fully saturated rings. The van der Waals surface area contributed by atoms with Crippen LogP contribution in [0.4, 0.5) is 5.69 Å². The molecule has 2 atom stereocenters. The number of fused-ring (bicyclic) bond motifs is 4. The predicted octanol–water partition coefficient (Wildman–Crippen LogP) is 4.94. The van der Waals surface area contributed by atoms with E-state index in [4.69, 9.17) is 16.3 Å². The molecule has 184 valence electrons. The molecule has 0 spiro atoms. The average Bonchev–Trinajstić information content (AvgIpc) is 3.24. The van der Waals surface area contributed by atoms with Crippen molar-refractivity contribution in [3.05, 3.63) is 71.0 Å². The lowest BCUT2D eigenvalue weighted by Gasteiger charge is -2.43. The fraction of sp³-hybridized carbons (Fsp3) is 0.345. The molecular formula is C29H30ClN5O. The maximum atomic E-state index is 6.45. The van der Waals surface area contributed by atoms with Gasteiger partial charge in [-0.05, 0) is 49.6 Å². The van der Waals surface area contributed by atoms with Gasteiger partial charge in [0.05, 0.1) is 41.2 Å². The highest BCUT2D eigenvalue weighted by molar-refractivity contribution is 6.32. The molecule has 6 rings (SSSR count). The Balaban J connectivity index is 1.22. The third kappa shape index (κ3) is 4.68. The quantitative estimate of drug-likeness (QED) is 0.275. The second-order valence-electron chi connectivity index (χ2n) is 10.4. The topological polar surface area (TPSA) is 65.2 Å². The molecule has 0 amide bonds. The van der Waals surface area contributed by atoms with Gasteiger partial charge in [0.25, 0.3) is 0 Å². The van der Waals surface area contributed by atoms with E-state index in [1.54, 1.807) is 6.20 Å². The first kappa shape index (κ1) is 23.3. The second-order valence-corrected chi connectivity index (χ2v) is 10.8. The minimum Gasteiger partial charge on any atom is -0.372 e. The number of nitrogens with zero attached hydrogens (tertiary/aromatic N) is 2. The van der Waals surface area contributed by atoms with Gasteiger partial charge in [-0.1, -0.05) is 41.8 Å². The number of rotatable bonds is 3. The van der Waals surface area contributed by atoms with Crippen LogP contribution in [0.5, 0.6) is 0 Å². The Kier molecular flexibility index (Phi) is 6.10. The fourth-order valence-corrected chi connectivity index (χ4v) is 5.63. The number of aromatic amines is 1. The molecule has 4 heterocycles. The number of H-pyrrole nitrogens is 1. The van der Waals surface area contributed by atoms with Crippen LogP contribution in [0.2, 0.25) is 5.02 Å². The molecule has 0 saturated carbocycles. The van der Waals surface area contributed by atoms with Crippen LogP contribution in [0.3, 0.4) is 0 Å². The minimum atomic E-state index is -0.199. The minimum absolute atomic E-state index is 0.00563. The highest BCUT2D eigenvalue weighted by Gasteiger charge is 2.34. The Labute approximate surface area is 216 Å². The lowest BCUT2D eigenvalue weighted by Crippen LogP contribution is -2.57. The molecule has 2 aromatic heterocycles. The monoisotopic (exact) mass is 499 g/mol. The number of hydrogen-bond acceptors (Lipinski definition) is 5. The largest absolute Gasteiger partial charge is 0.372 e. The number of ether oxygens (including phenoxy) is 1. The van der Waals surface area contributed by atoms with Gasteiger partial charge in [-0.15, -0.1) is 0 Å². The van der Waals surface area contributed by atoms with E-state index in [2.05, 4.69) is 75.6 Å². The Bertz CT molecular complexity index is 1480. The molecule has 1 saturated heterocycles. The molecule has 0 bridgehead atoms. The molecule has 2 aliphatic rings. The van der Waals surface area contributed by atoms with E-state index in [0.717, 1.165) is 53.5 Å². The predicted molar refractivity (Wildman–Crippen MR) is 146 cm³/mol. The summed E-state index contributed by atoms with van der Waals surface area (Å²) >= 11 is 6.45. The molecule has 6 nitrogen and oxygen atoms in total. The standard InChI is InChI=1S/C29H30ClN5O/c1-29(2)18-35(16-22-11-19-5-3-4-6-20(19)14-33-22)23(17-36-29)7-10-32-26-13-21(30)12-25-24-8-9-31-15-27(24)34-28(25)26/h3-6,8-9,12-13,15,22-23,32-34H,11,14,16-18H2,1-2H3. The van der Waals surface area contributed by atoms with Gasteiger partial charge < -0.3 is 20.4 Å². The van der Waals surface area contributed by atoms with Gasteiger partial charge in [0, 0.05) is 53.7 Å². The lowest BCUT2D eigenvalue weighted by molar-refractivity contribution is -0.103. The summed E-state index contributed by atoms with van der Waals surface area (Å²) in [6, 6.07) is 18.2. The third-order valence-electron chi connectivity index (χ3n) is 7.19.